The summed E-state index contributed by atoms with van der Waals surface area (Å²) < 4.78 is 1.42. The summed E-state index contributed by atoms with van der Waals surface area (Å²) in [5.74, 6) is 0.601. The fourth-order valence-electron chi connectivity index (χ4n) is 2.87. The van der Waals surface area contributed by atoms with E-state index in [4.69, 9.17) is 0 Å². The average molecular weight is 313 g/mol. The van der Waals surface area contributed by atoms with Crippen molar-refractivity contribution in [3.8, 4) is 0 Å². The Bertz CT molecular complexity index is 786. The van der Waals surface area contributed by atoms with Gasteiger partial charge in [0.1, 0.15) is 5.82 Å². The van der Waals surface area contributed by atoms with E-state index in [0.717, 1.165) is 18.5 Å². The first-order valence-corrected chi connectivity index (χ1v) is 7.57. The van der Waals surface area contributed by atoms with Crippen LogP contribution in [0.1, 0.15) is 34.9 Å². The molecular weight excluding hydrogens is 294 g/mol. The molecule has 0 radical (unpaired) electrons. The summed E-state index contributed by atoms with van der Waals surface area (Å²) in [6.45, 7) is 0.678. The third-order valence-electron chi connectivity index (χ3n) is 4.10. The maximum Gasteiger partial charge on any atom is 0.255 e. The number of aromatic nitrogens is 3. The monoisotopic (exact) mass is 313 g/mol. The summed E-state index contributed by atoms with van der Waals surface area (Å²) in [6.07, 6.45) is 6.72. The number of hydrogen-bond donors (Lipinski definition) is 1. The summed E-state index contributed by atoms with van der Waals surface area (Å²) in [7, 11) is 3.43. The highest BCUT2D eigenvalue weighted by molar-refractivity contribution is 5.94. The molecule has 7 nitrogen and oxygen atoms in total. The van der Waals surface area contributed by atoms with Crippen molar-refractivity contribution in [3.05, 3.63) is 52.3 Å². The number of rotatable bonds is 3. The van der Waals surface area contributed by atoms with E-state index >= 15 is 0 Å². The van der Waals surface area contributed by atoms with Gasteiger partial charge < -0.3 is 14.8 Å². The van der Waals surface area contributed by atoms with Crippen LogP contribution in [0.4, 0.5) is 5.82 Å². The van der Waals surface area contributed by atoms with Crippen molar-refractivity contribution < 1.29 is 4.79 Å². The number of hydrogen-bond acceptors (Lipinski definition) is 5. The normalized spacial score (nSPS) is 17.3. The molecule has 23 heavy (non-hydrogen) atoms. The quantitative estimate of drug-likeness (QED) is 0.921. The van der Waals surface area contributed by atoms with Crippen molar-refractivity contribution in [2.75, 3.05) is 18.9 Å². The van der Waals surface area contributed by atoms with E-state index in [0.29, 0.717) is 17.9 Å². The fraction of sp³-hybridized carbons (Fsp3) is 0.375. The summed E-state index contributed by atoms with van der Waals surface area (Å²) in [6, 6.07) is 2.91. The smallest absolute Gasteiger partial charge is 0.255 e. The summed E-state index contributed by atoms with van der Waals surface area (Å²) in [5.41, 5.74) is 1.16. The first-order valence-electron chi connectivity index (χ1n) is 7.57. The van der Waals surface area contributed by atoms with Gasteiger partial charge in [-0.3, -0.25) is 14.6 Å². The highest BCUT2D eigenvalue weighted by Gasteiger charge is 2.32. The zero-order valence-corrected chi connectivity index (χ0v) is 13.2. The van der Waals surface area contributed by atoms with E-state index in [-0.39, 0.29) is 17.5 Å². The predicted molar refractivity (Wildman–Crippen MR) is 86.3 cm³/mol. The molecule has 0 bridgehead atoms. The zero-order valence-electron chi connectivity index (χ0n) is 13.2. The van der Waals surface area contributed by atoms with Crippen LogP contribution in [0.5, 0.6) is 0 Å². The van der Waals surface area contributed by atoms with Gasteiger partial charge in [-0.1, -0.05) is 0 Å². The Morgan fingerprint density at radius 1 is 1.35 bits per heavy atom. The summed E-state index contributed by atoms with van der Waals surface area (Å²) in [4.78, 5) is 34.8. The third-order valence-corrected chi connectivity index (χ3v) is 4.10. The number of nitrogens with zero attached hydrogens (tertiary/aromatic N) is 4. The maximum absolute atomic E-state index is 12.8. The molecule has 0 aliphatic carbocycles. The molecule has 1 saturated heterocycles. The molecule has 1 amide bonds. The average Bonchev–Trinajstić information content (AvgIpc) is 3.06. The van der Waals surface area contributed by atoms with Crippen molar-refractivity contribution in [2.24, 2.45) is 7.05 Å². The SMILES string of the molecule is CNc1cncc([C@H]2CCCN2C(=O)c2ccc(=O)n(C)c2)n1. The molecule has 1 N–H and O–H groups in total. The number of carbonyl (C=O) groups is 1. The summed E-state index contributed by atoms with van der Waals surface area (Å²) >= 11 is 0. The zero-order chi connectivity index (χ0) is 16.4. The van der Waals surface area contributed by atoms with E-state index in [1.54, 1.807) is 38.8 Å². The second-order valence-electron chi connectivity index (χ2n) is 5.60. The molecule has 2 aromatic rings. The Morgan fingerprint density at radius 3 is 2.91 bits per heavy atom. The predicted octanol–water partition coefficient (Wildman–Crippen LogP) is 1.19. The lowest BCUT2D eigenvalue weighted by atomic mass is 10.1. The van der Waals surface area contributed by atoms with Crippen LogP contribution in [0, 0.1) is 0 Å². The van der Waals surface area contributed by atoms with Crippen molar-refractivity contribution in [3.63, 3.8) is 0 Å². The molecule has 3 rings (SSSR count). The molecule has 0 spiro atoms. The van der Waals surface area contributed by atoms with Crippen molar-refractivity contribution in [1.29, 1.82) is 0 Å². The molecule has 3 heterocycles. The van der Waals surface area contributed by atoms with E-state index < -0.39 is 0 Å². The molecule has 1 aliphatic heterocycles. The Labute approximate surface area is 134 Å². The van der Waals surface area contributed by atoms with Gasteiger partial charge in [-0.2, -0.15) is 0 Å². The molecule has 2 aromatic heterocycles. The van der Waals surface area contributed by atoms with E-state index in [1.165, 1.54) is 10.6 Å². The molecule has 1 aliphatic rings. The van der Waals surface area contributed by atoms with Crippen LogP contribution in [0.25, 0.3) is 0 Å². The Kier molecular flexibility index (Phi) is 4.10. The molecule has 1 atom stereocenters. The highest BCUT2D eigenvalue weighted by atomic mass is 16.2. The van der Waals surface area contributed by atoms with Crippen LogP contribution >= 0.6 is 0 Å². The fourth-order valence-corrected chi connectivity index (χ4v) is 2.87. The van der Waals surface area contributed by atoms with Gasteiger partial charge in [-0.25, -0.2) is 4.98 Å². The van der Waals surface area contributed by atoms with Crippen molar-refractivity contribution in [2.45, 2.75) is 18.9 Å². The molecular formula is C16H19N5O2. The van der Waals surface area contributed by atoms with Gasteiger partial charge in [0.15, 0.2) is 0 Å². The van der Waals surface area contributed by atoms with Gasteiger partial charge >= 0.3 is 0 Å². The minimum Gasteiger partial charge on any atom is -0.372 e. The first kappa shape index (κ1) is 15.2. The number of aryl methyl sites for hydroxylation is 1. The Balaban J connectivity index is 1.89. The lowest BCUT2D eigenvalue weighted by molar-refractivity contribution is 0.0732. The van der Waals surface area contributed by atoms with Crippen LogP contribution in [0.2, 0.25) is 0 Å². The van der Waals surface area contributed by atoms with Crippen molar-refractivity contribution in [1.82, 2.24) is 19.4 Å². The van der Waals surface area contributed by atoms with Gasteiger partial charge in [-0.15, -0.1) is 0 Å². The lowest BCUT2D eigenvalue weighted by Gasteiger charge is -2.24. The van der Waals surface area contributed by atoms with Gasteiger partial charge in [0.05, 0.1) is 29.7 Å². The standard InChI is InChI=1S/C16H19N5O2/c1-17-14-9-18-8-12(19-14)13-4-3-7-21(13)16(23)11-5-6-15(22)20(2)10-11/h5-6,8-10,13H,3-4,7H2,1-2H3,(H,17,19)/t13-/m1/s1. The molecule has 7 heteroatoms. The van der Waals surface area contributed by atoms with Crippen LogP contribution in [-0.4, -0.2) is 38.9 Å². The first-order chi connectivity index (χ1) is 11.1. The van der Waals surface area contributed by atoms with E-state index in [2.05, 4.69) is 15.3 Å². The molecule has 1 fully saturated rings. The molecule has 0 aromatic carbocycles. The Morgan fingerprint density at radius 2 is 2.17 bits per heavy atom. The topological polar surface area (TPSA) is 80.1 Å². The van der Waals surface area contributed by atoms with E-state index in [9.17, 15) is 9.59 Å². The number of carbonyl (C=O) groups excluding carboxylic acids is 1. The van der Waals surface area contributed by atoms with Crippen LogP contribution in [-0.2, 0) is 7.05 Å². The number of nitrogens with one attached hydrogen (secondary N) is 1. The van der Waals surface area contributed by atoms with Crippen LogP contribution in [0.3, 0.4) is 0 Å². The number of pyridine rings is 1. The third kappa shape index (κ3) is 2.94. The van der Waals surface area contributed by atoms with Crippen LogP contribution < -0.4 is 10.9 Å². The molecule has 0 saturated carbocycles. The van der Waals surface area contributed by atoms with Gasteiger partial charge in [0, 0.05) is 32.9 Å². The second kappa shape index (κ2) is 6.20. The van der Waals surface area contributed by atoms with Crippen molar-refractivity contribution >= 4 is 11.7 Å². The number of likely N-dealkylation sites (tertiary alicyclic amines) is 1. The lowest BCUT2D eigenvalue weighted by Crippen LogP contribution is -2.32. The second-order valence-corrected chi connectivity index (χ2v) is 5.60. The summed E-state index contributed by atoms with van der Waals surface area (Å²) in [5, 5.41) is 2.97. The van der Waals surface area contributed by atoms with Gasteiger partial charge in [-0.05, 0) is 18.9 Å². The minimum absolute atomic E-state index is 0.0828. The van der Waals surface area contributed by atoms with Gasteiger partial charge in [0.25, 0.3) is 5.91 Å². The molecule has 0 unspecified atom stereocenters. The number of anilines is 1. The van der Waals surface area contributed by atoms with E-state index in [1.807, 2.05) is 4.90 Å². The minimum atomic E-state index is -0.132. The van der Waals surface area contributed by atoms with Crippen LogP contribution in [0.15, 0.2) is 35.5 Å². The highest BCUT2D eigenvalue weighted by Crippen LogP contribution is 2.32. The number of amides is 1. The Hall–Kier alpha value is -2.70. The molecule has 120 valence electrons. The maximum atomic E-state index is 12.8. The largest absolute Gasteiger partial charge is 0.372 e. The van der Waals surface area contributed by atoms with Gasteiger partial charge in [0.2, 0.25) is 5.56 Å².